The topological polar surface area (TPSA) is 96.0 Å². The lowest BCUT2D eigenvalue weighted by Crippen LogP contribution is -2.05. The summed E-state index contributed by atoms with van der Waals surface area (Å²) in [5.74, 6) is -2.03. The number of rotatable bonds is 8. The van der Waals surface area contributed by atoms with Crippen molar-refractivity contribution in [3.05, 3.63) is 25.0 Å². The van der Waals surface area contributed by atoms with E-state index >= 15 is 0 Å². The number of carbonyl (C=O) groups excluding carboxylic acids is 4. The molecule has 104 valence electrons. The van der Waals surface area contributed by atoms with E-state index in [1.165, 1.54) is 13.8 Å². The molecule has 0 bridgehead atoms. The maximum absolute atomic E-state index is 10.9. The lowest BCUT2D eigenvalue weighted by Gasteiger charge is -1.96. The lowest BCUT2D eigenvalue weighted by atomic mass is 10.3. The SMILES string of the molecule is CC(=O)CC(=O)OC=COC=COC(=O)CC(C)=O. The van der Waals surface area contributed by atoms with Gasteiger partial charge in [-0.1, -0.05) is 0 Å². The molecule has 0 aliphatic carbocycles. The lowest BCUT2D eigenvalue weighted by molar-refractivity contribution is -0.142. The second-order valence-corrected chi connectivity index (χ2v) is 3.42. The van der Waals surface area contributed by atoms with Crippen molar-refractivity contribution in [3.63, 3.8) is 0 Å². The van der Waals surface area contributed by atoms with E-state index < -0.39 is 11.9 Å². The Balaban J connectivity index is 3.73. The molecule has 0 rings (SSSR count). The molecule has 0 spiro atoms. The normalized spacial score (nSPS) is 10.4. The number of esters is 2. The molecule has 19 heavy (non-hydrogen) atoms. The summed E-state index contributed by atoms with van der Waals surface area (Å²) in [4.78, 5) is 42.8. The monoisotopic (exact) mass is 270 g/mol. The van der Waals surface area contributed by atoms with Crippen molar-refractivity contribution >= 4 is 23.5 Å². The summed E-state index contributed by atoms with van der Waals surface area (Å²) in [5.41, 5.74) is 0. The van der Waals surface area contributed by atoms with Crippen LogP contribution in [0.3, 0.4) is 0 Å². The van der Waals surface area contributed by atoms with Crippen LogP contribution in [0.4, 0.5) is 0 Å². The van der Waals surface area contributed by atoms with Gasteiger partial charge in [-0.25, -0.2) is 0 Å². The molecular formula is C12H14O7. The van der Waals surface area contributed by atoms with Crippen LogP contribution in [0.15, 0.2) is 25.0 Å². The molecule has 0 aromatic carbocycles. The predicted molar refractivity (Wildman–Crippen MR) is 62.1 cm³/mol. The number of Topliss-reactive ketones (excluding diaryl/α,β-unsaturated/α-hetero) is 2. The zero-order valence-corrected chi connectivity index (χ0v) is 10.6. The Morgan fingerprint density at radius 2 is 1.11 bits per heavy atom. The van der Waals surface area contributed by atoms with Gasteiger partial charge >= 0.3 is 11.9 Å². The third kappa shape index (κ3) is 11.8. The molecule has 0 atom stereocenters. The summed E-state index contributed by atoms with van der Waals surface area (Å²) in [6, 6.07) is 0. The Morgan fingerprint density at radius 1 is 0.737 bits per heavy atom. The van der Waals surface area contributed by atoms with Crippen molar-refractivity contribution in [3.8, 4) is 0 Å². The fourth-order valence-electron chi connectivity index (χ4n) is 0.807. The van der Waals surface area contributed by atoms with Gasteiger partial charge in [-0.15, -0.1) is 0 Å². The smallest absolute Gasteiger partial charge is 0.318 e. The summed E-state index contributed by atoms with van der Waals surface area (Å²) in [7, 11) is 0. The van der Waals surface area contributed by atoms with Crippen LogP contribution in [0.1, 0.15) is 26.7 Å². The van der Waals surface area contributed by atoms with E-state index in [0.717, 1.165) is 25.0 Å². The summed E-state index contributed by atoms with van der Waals surface area (Å²) in [5, 5.41) is 0. The highest BCUT2D eigenvalue weighted by atomic mass is 16.6. The van der Waals surface area contributed by atoms with E-state index in [4.69, 9.17) is 0 Å². The Kier molecular flexibility index (Phi) is 8.35. The highest BCUT2D eigenvalue weighted by Gasteiger charge is 2.04. The molecule has 7 nitrogen and oxygen atoms in total. The minimum atomic E-state index is -0.704. The van der Waals surface area contributed by atoms with Gasteiger partial charge in [0.25, 0.3) is 0 Å². The minimum absolute atomic E-state index is 0.309. The molecular weight excluding hydrogens is 256 g/mol. The van der Waals surface area contributed by atoms with Crippen molar-refractivity contribution < 1.29 is 33.4 Å². The number of ether oxygens (including phenoxy) is 3. The van der Waals surface area contributed by atoms with Crippen LogP contribution in [0, 0.1) is 0 Å². The van der Waals surface area contributed by atoms with Crippen molar-refractivity contribution in [2.45, 2.75) is 26.7 Å². The molecule has 0 N–H and O–H groups in total. The Hall–Kier alpha value is -2.44. The number of hydrogen-bond donors (Lipinski definition) is 0. The molecule has 0 fully saturated rings. The molecule has 0 radical (unpaired) electrons. The number of hydrogen-bond acceptors (Lipinski definition) is 7. The van der Waals surface area contributed by atoms with Gasteiger partial charge in [0, 0.05) is 0 Å². The highest BCUT2D eigenvalue weighted by molar-refractivity contribution is 5.94. The van der Waals surface area contributed by atoms with Gasteiger partial charge in [0.1, 0.15) is 49.5 Å². The molecule has 0 unspecified atom stereocenters. The van der Waals surface area contributed by atoms with Crippen molar-refractivity contribution in [2.75, 3.05) is 0 Å². The van der Waals surface area contributed by atoms with E-state index in [-0.39, 0.29) is 24.4 Å². The Morgan fingerprint density at radius 3 is 1.42 bits per heavy atom. The van der Waals surface area contributed by atoms with Gasteiger partial charge < -0.3 is 14.2 Å². The molecule has 0 heterocycles. The Bertz CT molecular complexity index is 368. The first-order chi connectivity index (χ1) is 8.91. The van der Waals surface area contributed by atoms with Gasteiger partial charge in [-0.05, 0) is 13.8 Å². The maximum Gasteiger partial charge on any atom is 0.318 e. The average Bonchev–Trinajstić information content (AvgIpc) is 2.25. The molecule has 0 aromatic rings. The van der Waals surface area contributed by atoms with Crippen LogP contribution in [-0.2, 0) is 33.4 Å². The molecule has 0 aromatic heterocycles. The van der Waals surface area contributed by atoms with E-state index in [0.29, 0.717) is 0 Å². The predicted octanol–water partition coefficient (Wildman–Crippen LogP) is 0.990. The second-order valence-electron chi connectivity index (χ2n) is 3.42. The molecule has 7 heteroatoms. The first kappa shape index (κ1) is 16.6. The van der Waals surface area contributed by atoms with Crippen LogP contribution in [0.25, 0.3) is 0 Å². The van der Waals surface area contributed by atoms with E-state index in [2.05, 4.69) is 14.2 Å². The zero-order valence-electron chi connectivity index (χ0n) is 10.6. The van der Waals surface area contributed by atoms with Crippen molar-refractivity contribution in [1.29, 1.82) is 0 Å². The zero-order chi connectivity index (χ0) is 14.7. The van der Waals surface area contributed by atoms with Crippen LogP contribution < -0.4 is 0 Å². The Labute approximate surface area is 109 Å². The third-order valence-corrected chi connectivity index (χ3v) is 1.45. The van der Waals surface area contributed by atoms with E-state index in [1.54, 1.807) is 0 Å². The summed E-state index contributed by atoms with van der Waals surface area (Å²) >= 11 is 0. The van der Waals surface area contributed by atoms with Crippen LogP contribution in [0.5, 0.6) is 0 Å². The van der Waals surface area contributed by atoms with Crippen LogP contribution >= 0.6 is 0 Å². The van der Waals surface area contributed by atoms with Gasteiger partial charge in [0.15, 0.2) is 0 Å². The molecule has 0 amide bonds. The summed E-state index contributed by atoms with van der Waals surface area (Å²) in [6.45, 7) is 2.53. The second kappa shape index (κ2) is 9.58. The maximum atomic E-state index is 10.9. The fourth-order valence-corrected chi connectivity index (χ4v) is 0.807. The van der Waals surface area contributed by atoms with Gasteiger partial charge in [0.2, 0.25) is 0 Å². The quantitative estimate of drug-likeness (QED) is 0.368. The first-order valence-corrected chi connectivity index (χ1v) is 5.25. The fraction of sp³-hybridized carbons (Fsp3) is 0.333. The van der Waals surface area contributed by atoms with E-state index in [1.807, 2.05) is 0 Å². The van der Waals surface area contributed by atoms with Crippen molar-refractivity contribution in [2.24, 2.45) is 0 Å². The van der Waals surface area contributed by atoms with Gasteiger partial charge in [-0.2, -0.15) is 0 Å². The number of carbonyl (C=O) groups is 4. The van der Waals surface area contributed by atoms with Gasteiger partial charge in [0.05, 0.1) is 0 Å². The van der Waals surface area contributed by atoms with Crippen LogP contribution in [-0.4, -0.2) is 23.5 Å². The summed E-state index contributed by atoms with van der Waals surface area (Å²) in [6.07, 6.45) is 3.26. The largest absolute Gasteiger partial charge is 0.466 e. The summed E-state index contributed by atoms with van der Waals surface area (Å²) < 4.78 is 13.6. The molecule has 0 aliphatic rings. The van der Waals surface area contributed by atoms with Gasteiger partial charge in [-0.3, -0.25) is 19.2 Å². The molecule has 0 saturated heterocycles. The number of ketones is 2. The molecule has 0 aliphatic heterocycles. The molecule has 0 saturated carbocycles. The first-order valence-electron chi connectivity index (χ1n) is 5.25. The van der Waals surface area contributed by atoms with Crippen molar-refractivity contribution in [1.82, 2.24) is 0 Å². The minimum Gasteiger partial charge on any atom is -0.466 e. The average molecular weight is 270 g/mol. The highest BCUT2D eigenvalue weighted by Crippen LogP contribution is 1.92. The van der Waals surface area contributed by atoms with Crippen LogP contribution in [0.2, 0.25) is 0 Å². The van der Waals surface area contributed by atoms with E-state index in [9.17, 15) is 19.2 Å². The third-order valence-electron chi connectivity index (χ3n) is 1.45. The standard InChI is InChI=1S/C12H14O7/c1-9(13)7-11(15)18-5-3-17-4-6-19-12(16)8-10(2)14/h3-6H,7-8H2,1-2H3.